The lowest BCUT2D eigenvalue weighted by Crippen LogP contribution is -2.24. The molecule has 164 valence electrons. The van der Waals surface area contributed by atoms with E-state index < -0.39 is 4.92 Å². The van der Waals surface area contributed by atoms with Crippen molar-refractivity contribution >= 4 is 51.3 Å². The van der Waals surface area contributed by atoms with Crippen LogP contribution in [0.15, 0.2) is 42.5 Å². The number of anilines is 2. The maximum absolute atomic E-state index is 12.5. The Morgan fingerprint density at radius 1 is 1.28 bits per heavy atom. The lowest BCUT2D eigenvalue weighted by molar-refractivity contribution is -0.384. The Kier molecular flexibility index (Phi) is 6.15. The third-order valence-corrected chi connectivity index (χ3v) is 6.55. The Morgan fingerprint density at radius 2 is 2.03 bits per heavy atom. The largest absolute Gasteiger partial charge is 0.312 e. The zero-order valence-corrected chi connectivity index (χ0v) is 18.5. The number of carbonyl (C=O) groups excluding carboxylic acids is 2. The molecule has 1 fully saturated rings. The van der Waals surface area contributed by atoms with Crippen LogP contribution < -0.4 is 10.2 Å². The smallest absolute Gasteiger partial charge is 0.269 e. The van der Waals surface area contributed by atoms with E-state index >= 15 is 0 Å². The number of non-ortho nitro benzene ring substituents is 1. The van der Waals surface area contributed by atoms with Crippen molar-refractivity contribution in [2.45, 2.75) is 25.7 Å². The number of benzene rings is 2. The summed E-state index contributed by atoms with van der Waals surface area (Å²) in [6.07, 6.45) is 0.355. The van der Waals surface area contributed by atoms with Crippen molar-refractivity contribution in [3.05, 3.63) is 73.7 Å². The molecule has 0 saturated carbocycles. The van der Waals surface area contributed by atoms with Gasteiger partial charge in [0.25, 0.3) is 5.69 Å². The summed E-state index contributed by atoms with van der Waals surface area (Å²) in [4.78, 5) is 36.7. The summed E-state index contributed by atoms with van der Waals surface area (Å²) in [6.45, 7) is 2.36. The van der Waals surface area contributed by atoms with E-state index in [9.17, 15) is 19.7 Å². The molecular weight excluding hydrogens is 454 g/mol. The van der Waals surface area contributed by atoms with Gasteiger partial charge in [0.05, 0.1) is 11.3 Å². The Bertz CT molecular complexity index is 1200. The molecule has 2 amide bonds. The van der Waals surface area contributed by atoms with E-state index in [0.29, 0.717) is 33.7 Å². The monoisotopic (exact) mass is 471 g/mol. The SMILES string of the molecule is Cc1ccc(N2CC(c3nnc(NC(=O)Cc4ccc([N+](=O)[O-])cc4)s3)CC2=O)cc1Cl. The molecule has 0 bridgehead atoms. The Hall–Kier alpha value is -3.37. The normalized spacial score (nSPS) is 15.8. The molecule has 4 rings (SSSR count). The molecule has 1 aromatic heterocycles. The molecule has 2 heterocycles. The van der Waals surface area contributed by atoms with E-state index in [2.05, 4.69) is 15.5 Å². The molecule has 2 aromatic carbocycles. The Labute approximate surface area is 192 Å². The zero-order valence-electron chi connectivity index (χ0n) is 16.9. The first-order chi connectivity index (χ1) is 15.3. The van der Waals surface area contributed by atoms with Crippen LogP contribution in [0.1, 0.15) is 28.5 Å². The molecule has 1 saturated heterocycles. The molecule has 9 nitrogen and oxygen atoms in total. The minimum absolute atomic E-state index is 0.0196. The van der Waals surface area contributed by atoms with E-state index in [-0.39, 0.29) is 29.8 Å². The first kappa shape index (κ1) is 21.8. The third kappa shape index (κ3) is 4.76. The Morgan fingerprint density at radius 3 is 2.72 bits per heavy atom. The van der Waals surface area contributed by atoms with Gasteiger partial charge < -0.3 is 10.2 Å². The summed E-state index contributed by atoms with van der Waals surface area (Å²) in [5, 5.41) is 23.2. The molecule has 1 unspecified atom stereocenters. The molecule has 0 radical (unpaired) electrons. The van der Waals surface area contributed by atoms with E-state index in [1.807, 2.05) is 19.1 Å². The number of rotatable bonds is 6. The van der Waals surface area contributed by atoms with E-state index in [1.165, 1.54) is 23.5 Å². The minimum Gasteiger partial charge on any atom is -0.312 e. The van der Waals surface area contributed by atoms with Gasteiger partial charge in [-0.1, -0.05) is 41.1 Å². The fourth-order valence-electron chi connectivity index (χ4n) is 3.41. The van der Waals surface area contributed by atoms with Crippen molar-refractivity contribution in [2.75, 3.05) is 16.8 Å². The zero-order chi connectivity index (χ0) is 22.8. The first-order valence-electron chi connectivity index (χ1n) is 9.73. The van der Waals surface area contributed by atoms with Crippen molar-refractivity contribution < 1.29 is 14.5 Å². The van der Waals surface area contributed by atoms with Crippen molar-refractivity contribution in [1.82, 2.24) is 10.2 Å². The number of halogens is 1. The van der Waals surface area contributed by atoms with Gasteiger partial charge in [-0.15, -0.1) is 10.2 Å². The molecule has 32 heavy (non-hydrogen) atoms. The van der Waals surface area contributed by atoms with E-state index in [0.717, 1.165) is 11.3 Å². The fraction of sp³-hybridized carbons (Fsp3) is 0.238. The van der Waals surface area contributed by atoms with Gasteiger partial charge in [-0.05, 0) is 30.2 Å². The molecule has 0 spiro atoms. The van der Waals surface area contributed by atoms with E-state index in [4.69, 9.17) is 11.6 Å². The van der Waals surface area contributed by atoms with Crippen LogP contribution in [0.4, 0.5) is 16.5 Å². The van der Waals surface area contributed by atoms with Gasteiger partial charge in [-0.3, -0.25) is 19.7 Å². The number of aryl methyl sites for hydroxylation is 1. The van der Waals surface area contributed by atoms with Crippen LogP contribution in [0, 0.1) is 17.0 Å². The van der Waals surface area contributed by atoms with Crippen molar-refractivity contribution in [3.8, 4) is 0 Å². The number of carbonyl (C=O) groups is 2. The van der Waals surface area contributed by atoms with Gasteiger partial charge in [0.1, 0.15) is 5.01 Å². The van der Waals surface area contributed by atoms with Crippen LogP contribution in [0.3, 0.4) is 0 Å². The summed E-state index contributed by atoms with van der Waals surface area (Å²) >= 11 is 7.43. The molecular formula is C21H18ClN5O4S. The highest BCUT2D eigenvalue weighted by Gasteiger charge is 2.34. The fourth-order valence-corrected chi connectivity index (χ4v) is 4.43. The predicted octanol–water partition coefficient (Wildman–Crippen LogP) is 4.11. The number of hydrogen-bond donors (Lipinski definition) is 1. The number of aromatic nitrogens is 2. The number of amides is 2. The minimum atomic E-state index is -0.491. The summed E-state index contributed by atoms with van der Waals surface area (Å²) in [5.41, 5.74) is 2.30. The van der Waals surface area contributed by atoms with Gasteiger partial charge in [0, 0.05) is 41.7 Å². The molecule has 0 aliphatic carbocycles. The number of nitro benzene ring substituents is 1. The molecule has 11 heteroatoms. The van der Waals surface area contributed by atoms with Gasteiger partial charge in [-0.2, -0.15) is 0 Å². The molecule has 1 aliphatic rings. The van der Waals surface area contributed by atoms with Crippen LogP contribution in [0.25, 0.3) is 0 Å². The van der Waals surface area contributed by atoms with Gasteiger partial charge in [-0.25, -0.2) is 0 Å². The van der Waals surface area contributed by atoms with Crippen LogP contribution in [0.5, 0.6) is 0 Å². The second-order valence-corrected chi connectivity index (χ2v) is 8.85. The second-order valence-electron chi connectivity index (χ2n) is 7.43. The standard InChI is InChI=1S/C21H18ClN5O4S/c1-12-2-5-16(10-17(12)22)26-11-14(9-19(26)29)20-24-25-21(32-20)23-18(28)8-13-3-6-15(7-4-13)27(30)31/h2-7,10,14H,8-9,11H2,1H3,(H,23,25,28). The third-order valence-electron chi connectivity index (χ3n) is 5.14. The van der Waals surface area contributed by atoms with Crippen LogP contribution in [-0.4, -0.2) is 33.5 Å². The lowest BCUT2D eigenvalue weighted by atomic mass is 10.1. The maximum atomic E-state index is 12.5. The number of nitro groups is 1. The number of hydrogen-bond acceptors (Lipinski definition) is 7. The van der Waals surface area contributed by atoms with Crippen LogP contribution in [-0.2, 0) is 16.0 Å². The predicted molar refractivity (Wildman–Crippen MR) is 121 cm³/mol. The number of nitrogens with zero attached hydrogens (tertiary/aromatic N) is 4. The first-order valence-corrected chi connectivity index (χ1v) is 10.9. The van der Waals surface area contributed by atoms with Crippen LogP contribution >= 0.6 is 22.9 Å². The highest BCUT2D eigenvalue weighted by Crippen LogP contribution is 2.35. The lowest BCUT2D eigenvalue weighted by Gasteiger charge is -2.17. The van der Waals surface area contributed by atoms with Crippen LogP contribution in [0.2, 0.25) is 5.02 Å². The number of nitrogens with one attached hydrogen (secondary N) is 1. The molecule has 1 N–H and O–H groups in total. The summed E-state index contributed by atoms with van der Waals surface area (Å²) < 4.78 is 0. The van der Waals surface area contributed by atoms with E-state index in [1.54, 1.807) is 23.1 Å². The summed E-state index contributed by atoms with van der Waals surface area (Å²) in [5.74, 6) is -0.450. The second kappa shape index (κ2) is 9.01. The summed E-state index contributed by atoms with van der Waals surface area (Å²) in [6, 6.07) is 11.3. The quantitative estimate of drug-likeness (QED) is 0.427. The summed E-state index contributed by atoms with van der Waals surface area (Å²) in [7, 11) is 0. The van der Waals surface area contributed by atoms with Crippen molar-refractivity contribution in [1.29, 1.82) is 0 Å². The van der Waals surface area contributed by atoms with Gasteiger partial charge >= 0.3 is 0 Å². The Balaban J connectivity index is 1.38. The molecule has 3 aromatic rings. The molecule has 1 aliphatic heterocycles. The topological polar surface area (TPSA) is 118 Å². The average molecular weight is 472 g/mol. The van der Waals surface area contributed by atoms with Crippen molar-refractivity contribution in [2.24, 2.45) is 0 Å². The van der Waals surface area contributed by atoms with Gasteiger partial charge in [0.2, 0.25) is 16.9 Å². The van der Waals surface area contributed by atoms with Crippen molar-refractivity contribution in [3.63, 3.8) is 0 Å². The highest BCUT2D eigenvalue weighted by atomic mass is 35.5. The highest BCUT2D eigenvalue weighted by molar-refractivity contribution is 7.15. The maximum Gasteiger partial charge on any atom is 0.269 e. The van der Waals surface area contributed by atoms with Gasteiger partial charge in [0.15, 0.2) is 0 Å². The average Bonchev–Trinajstić information content (AvgIpc) is 3.37. The molecule has 1 atom stereocenters.